The van der Waals surface area contributed by atoms with Gasteiger partial charge in [0.1, 0.15) is 18.1 Å². The Balaban J connectivity index is 1.83. The lowest BCUT2D eigenvalue weighted by Gasteiger charge is -2.18. The van der Waals surface area contributed by atoms with Crippen LogP contribution in [0.2, 0.25) is 0 Å². The number of benzene rings is 2. The SMILES string of the molecule is Cc1ccc(C(C)C)c(OCC(=O)N[C@@H](C)COc2ccccc2C)c1. The van der Waals surface area contributed by atoms with Gasteiger partial charge in [0.25, 0.3) is 5.91 Å². The third-order valence-corrected chi connectivity index (χ3v) is 4.14. The van der Waals surface area contributed by atoms with Gasteiger partial charge >= 0.3 is 0 Å². The maximum absolute atomic E-state index is 12.2. The van der Waals surface area contributed by atoms with Gasteiger partial charge in [-0.15, -0.1) is 0 Å². The molecule has 1 N–H and O–H groups in total. The maximum atomic E-state index is 12.2. The van der Waals surface area contributed by atoms with Crippen LogP contribution in [0.1, 0.15) is 43.4 Å². The van der Waals surface area contributed by atoms with Crippen LogP contribution in [0.3, 0.4) is 0 Å². The van der Waals surface area contributed by atoms with Gasteiger partial charge in [0.2, 0.25) is 0 Å². The minimum Gasteiger partial charge on any atom is -0.491 e. The second-order valence-electron chi connectivity index (χ2n) is 7.03. The lowest BCUT2D eigenvalue weighted by molar-refractivity contribution is -0.123. The highest BCUT2D eigenvalue weighted by Gasteiger charge is 2.12. The number of carbonyl (C=O) groups is 1. The van der Waals surface area contributed by atoms with E-state index in [1.807, 2.05) is 51.1 Å². The molecule has 2 aromatic rings. The molecule has 0 saturated heterocycles. The Hall–Kier alpha value is -2.49. The smallest absolute Gasteiger partial charge is 0.258 e. The van der Waals surface area contributed by atoms with Crippen molar-refractivity contribution in [3.05, 3.63) is 59.2 Å². The van der Waals surface area contributed by atoms with E-state index in [1.54, 1.807) is 0 Å². The molecule has 0 aromatic heterocycles. The van der Waals surface area contributed by atoms with Crippen molar-refractivity contribution in [1.29, 1.82) is 0 Å². The fourth-order valence-corrected chi connectivity index (χ4v) is 2.68. The molecule has 0 aliphatic rings. The average molecular weight is 355 g/mol. The first-order valence-electron chi connectivity index (χ1n) is 9.08. The van der Waals surface area contributed by atoms with E-state index in [2.05, 4.69) is 31.3 Å². The quantitative estimate of drug-likeness (QED) is 0.764. The molecule has 0 aliphatic heterocycles. The molecule has 140 valence electrons. The third kappa shape index (κ3) is 5.80. The van der Waals surface area contributed by atoms with Crippen LogP contribution in [0.25, 0.3) is 0 Å². The van der Waals surface area contributed by atoms with E-state index in [0.29, 0.717) is 12.5 Å². The molecule has 2 rings (SSSR count). The molecular formula is C22H29NO3. The van der Waals surface area contributed by atoms with E-state index < -0.39 is 0 Å². The standard InChI is InChI=1S/C22H29NO3/c1-15(2)19-11-10-16(3)12-21(19)26-14-22(24)23-18(5)13-25-20-9-7-6-8-17(20)4/h6-12,15,18H,13-14H2,1-5H3,(H,23,24)/t18-/m0/s1. The molecule has 0 aliphatic carbocycles. The van der Waals surface area contributed by atoms with Gasteiger partial charge in [0.15, 0.2) is 6.61 Å². The summed E-state index contributed by atoms with van der Waals surface area (Å²) >= 11 is 0. The Bertz CT molecular complexity index is 740. The second kappa shape index (κ2) is 9.27. The van der Waals surface area contributed by atoms with E-state index >= 15 is 0 Å². The van der Waals surface area contributed by atoms with Crippen molar-refractivity contribution in [3.63, 3.8) is 0 Å². The molecule has 0 fully saturated rings. The van der Waals surface area contributed by atoms with E-state index in [-0.39, 0.29) is 18.6 Å². The van der Waals surface area contributed by atoms with Crippen LogP contribution in [-0.2, 0) is 4.79 Å². The summed E-state index contributed by atoms with van der Waals surface area (Å²) in [7, 11) is 0. The molecule has 0 spiro atoms. The zero-order valence-electron chi connectivity index (χ0n) is 16.3. The maximum Gasteiger partial charge on any atom is 0.258 e. The molecule has 0 radical (unpaired) electrons. The number of nitrogens with one attached hydrogen (secondary N) is 1. The zero-order valence-corrected chi connectivity index (χ0v) is 16.3. The predicted molar refractivity (Wildman–Crippen MR) is 105 cm³/mol. The van der Waals surface area contributed by atoms with Gasteiger partial charge < -0.3 is 14.8 Å². The van der Waals surface area contributed by atoms with E-state index in [1.165, 1.54) is 0 Å². The first-order chi connectivity index (χ1) is 12.4. The van der Waals surface area contributed by atoms with Crippen molar-refractivity contribution in [2.75, 3.05) is 13.2 Å². The minimum atomic E-state index is -0.151. The average Bonchev–Trinajstić information content (AvgIpc) is 2.59. The van der Waals surface area contributed by atoms with Crippen LogP contribution in [-0.4, -0.2) is 25.2 Å². The summed E-state index contributed by atoms with van der Waals surface area (Å²) in [5.41, 5.74) is 3.30. The normalized spacial score (nSPS) is 11.9. The van der Waals surface area contributed by atoms with Crippen LogP contribution in [0.5, 0.6) is 11.5 Å². The highest BCUT2D eigenvalue weighted by Crippen LogP contribution is 2.27. The number of amides is 1. The number of para-hydroxylation sites is 1. The van der Waals surface area contributed by atoms with Crippen LogP contribution >= 0.6 is 0 Å². The topological polar surface area (TPSA) is 47.6 Å². The minimum absolute atomic E-state index is 0.00211. The number of hydrogen-bond acceptors (Lipinski definition) is 3. The van der Waals surface area contributed by atoms with Crippen LogP contribution < -0.4 is 14.8 Å². The van der Waals surface area contributed by atoms with Gasteiger partial charge in [-0.3, -0.25) is 4.79 Å². The molecule has 1 atom stereocenters. The van der Waals surface area contributed by atoms with Gasteiger partial charge in [0, 0.05) is 0 Å². The van der Waals surface area contributed by atoms with Crippen molar-refractivity contribution in [1.82, 2.24) is 5.32 Å². The molecule has 4 nitrogen and oxygen atoms in total. The Morgan fingerprint density at radius 3 is 2.42 bits per heavy atom. The van der Waals surface area contributed by atoms with Gasteiger partial charge in [-0.05, 0) is 55.5 Å². The van der Waals surface area contributed by atoms with E-state index in [9.17, 15) is 4.79 Å². The monoisotopic (exact) mass is 355 g/mol. The summed E-state index contributed by atoms with van der Waals surface area (Å²) in [5.74, 6) is 1.81. The van der Waals surface area contributed by atoms with Crippen LogP contribution in [0.4, 0.5) is 0 Å². The molecule has 0 unspecified atom stereocenters. The first-order valence-corrected chi connectivity index (χ1v) is 9.08. The lowest BCUT2D eigenvalue weighted by Crippen LogP contribution is -2.39. The van der Waals surface area contributed by atoms with Gasteiger partial charge in [0.05, 0.1) is 6.04 Å². The van der Waals surface area contributed by atoms with Crippen LogP contribution in [0.15, 0.2) is 42.5 Å². The number of aryl methyl sites for hydroxylation is 2. The van der Waals surface area contributed by atoms with E-state index in [4.69, 9.17) is 9.47 Å². The second-order valence-corrected chi connectivity index (χ2v) is 7.03. The predicted octanol–water partition coefficient (Wildman–Crippen LogP) is 4.39. The summed E-state index contributed by atoms with van der Waals surface area (Å²) in [4.78, 5) is 12.2. The van der Waals surface area contributed by atoms with Gasteiger partial charge in [-0.2, -0.15) is 0 Å². The number of rotatable bonds is 8. The van der Waals surface area contributed by atoms with Crippen molar-refractivity contribution < 1.29 is 14.3 Å². The summed E-state index contributed by atoms with van der Waals surface area (Å²) in [5, 5.41) is 2.91. The first kappa shape index (κ1) is 19.8. The molecule has 0 heterocycles. The number of carbonyl (C=O) groups excluding carboxylic acids is 1. The summed E-state index contributed by atoms with van der Waals surface area (Å²) in [6.07, 6.45) is 0. The summed E-state index contributed by atoms with van der Waals surface area (Å²) in [6.45, 7) is 10.6. The molecule has 0 saturated carbocycles. The Morgan fingerprint density at radius 1 is 1.00 bits per heavy atom. The van der Waals surface area contributed by atoms with Crippen LogP contribution in [0, 0.1) is 13.8 Å². The largest absolute Gasteiger partial charge is 0.491 e. The molecule has 2 aromatic carbocycles. The summed E-state index contributed by atoms with van der Waals surface area (Å²) in [6, 6.07) is 13.8. The van der Waals surface area contributed by atoms with Gasteiger partial charge in [-0.25, -0.2) is 0 Å². The number of ether oxygens (including phenoxy) is 2. The van der Waals surface area contributed by atoms with Crippen molar-refractivity contribution >= 4 is 5.91 Å². The highest BCUT2D eigenvalue weighted by molar-refractivity contribution is 5.77. The highest BCUT2D eigenvalue weighted by atomic mass is 16.5. The zero-order chi connectivity index (χ0) is 19.1. The molecule has 26 heavy (non-hydrogen) atoms. The third-order valence-electron chi connectivity index (χ3n) is 4.14. The molecule has 1 amide bonds. The molecule has 0 bridgehead atoms. The number of hydrogen-bond donors (Lipinski definition) is 1. The van der Waals surface area contributed by atoms with Crippen molar-refractivity contribution in [3.8, 4) is 11.5 Å². The van der Waals surface area contributed by atoms with Crippen molar-refractivity contribution in [2.24, 2.45) is 0 Å². The van der Waals surface area contributed by atoms with Gasteiger partial charge in [-0.1, -0.05) is 44.2 Å². The van der Waals surface area contributed by atoms with E-state index in [0.717, 1.165) is 28.2 Å². The fraction of sp³-hybridized carbons (Fsp3) is 0.409. The lowest BCUT2D eigenvalue weighted by atomic mass is 10.0. The van der Waals surface area contributed by atoms with Crippen molar-refractivity contribution in [2.45, 2.75) is 46.6 Å². The Kier molecular flexibility index (Phi) is 7.07. The fourth-order valence-electron chi connectivity index (χ4n) is 2.68. The molecular weight excluding hydrogens is 326 g/mol. The molecule has 4 heteroatoms. The Labute approximate surface area is 156 Å². The Morgan fingerprint density at radius 2 is 1.73 bits per heavy atom. The summed E-state index contributed by atoms with van der Waals surface area (Å²) < 4.78 is 11.5.